The van der Waals surface area contributed by atoms with Gasteiger partial charge < -0.3 is 4.90 Å². The monoisotopic (exact) mass is 338 g/mol. The van der Waals surface area contributed by atoms with Crippen molar-refractivity contribution < 1.29 is 26.4 Å². The van der Waals surface area contributed by atoms with E-state index in [9.17, 15) is 26.4 Å². The molecule has 0 radical (unpaired) electrons. The Kier molecular flexibility index (Phi) is 4.93. The fourth-order valence-corrected chi connectivity index (χ4v) is 3.19. The summed E-state index contributed by atoms with van der Waals surface area (Å²) in [5, 5.41) is 0. The molecule has 9 heteroatoms. The predicted molar refractivity (Wildman–Crippen MR) is 74.5 cm³/mol. The third kappa shape index (κ3) is 4.20. The fraction of sp³-hybridized carbons (Fsp3) is 0.462. The molecule has 22 heavy (non-hydrogen) atoms. The van der Waals surface area contributed by atoms with Crippen LogP contribution in [0, 0.1) is 0 Å². The molecule has 0 aliphatic carbocycles. The average Bonchev–Trinajstić information content (AvgIpc) is 2.35. The van der Waals surface area contributed by atoms with E-state index in [1.165, 1.54) is 32.8 Å². The van der Waals surface area contributed by atoms with E-state index in [2.05, 4.69) is 4.72 Å². The summed E-state index contributed by atoms with van der Waals surface area (Å²) in [6.45, 7) is 2.74. The van der Waals surface area contributed by atoms with Crippen molar-refractivity contribution in [2.75, 3.05) is 14.1 Å². The molecule has 1 amide bonds. The number of hydrogen-bond donors (Lipinski definition) is 1. The molecule has 1 N–H and O–H groups in total. The lowest BCUT2D eigenvalue weighted by Gasteiger charge is -2.27. The normalized spacial score (nSPS) is 13.0. The van der Waals surface area contributed by atoms with Crippen molar-refractivity contribution in [1.82, 2.24) is 9.62 Å². The number of halogens is 3. The number of hydrogen-bond acceptors (Lipinski definition) is 3. The summed E-state index contributed by atoms with van der Waals surface area (Å²) in [6, 6.07) is 3.05. The van der Waals surface area contributed by atoms with Gasteiger partial charge >= 0.3 is 6.18 Å². The molecule has 5 nitrogen and oxygen atoms in total. The smallest absolute Gasteiger partial charge is 0.347 e. The van der Waals surface area contributed by atoms with Gasteiger partial charge in [-0.3, -0.25) is 4.79 Å². The standard InChI is InChI=1S/C13H17F3N2O3S/c1-12(2,11(19)18(3)4)17-22(20,21)10-7-5-9(6-8-10)13(14,15)16/h5-8,17H,1-4H3. The SMILES string of the molecule is CN(C)C(=O)C(C)(C)NS(=O)(=O)c1ccc(C(F)(F)F)cc1. The van der Waals surface area contributed by atoms with Crippen LogP contribution < -0.4 is 4.72 Å². The summed E-state index contributed by atoms with van der Waals surface area (Å²) in [4.78, 5) is 12.8. The molecule has 0 aliphatic rings. The number of nitrogens with zero attached hydrogens (tertiary/aromatic N) is 1. The molecule has 0 aliphatic heterocycles. The first-order valence-corrected chi connectivity index (χ1v) is 7.69. The van der Waals surface area contributed by atoms with E-state index in [-0.39, 0.29) is 4.90 Å². The Hall–Kier alpha value is -1.61. The minimum Gasteiger partial charge on any atom is -0.347 e. The van der Waals surface area contributed by atoms with Crippen LogP contribution in [0.15, 0.2) is 29.2 Å². The number of carbonyl (C=O) groups excluding carboxylic acids is 1. The highest BCUT2D eigenvalue weighted by atomic mass is 32.2. The highest BCUT2D eigenvalue weighted by molar-refractivity contribution is 7.89. The molecule has 0 heterocycles. The second kappa shape index (κ2) is 5.88. The number of sulfonamides is 1. The van der Waals surface area contributed by atoms with Gasteiger partial charge in [0.05, 0.1) is 10.5 Å². The number of nitrogens with one attached hydrogen (secondary N) is 1. The zero-order valence-electron chi connectivity index (χ0n) is 12.5. The van der Waals surface area contributed by atoms with Crippen molar-refractivity contribution in [3.8, 4) is 0 Å². The number of benzene rings is 1. The summed E-state index contributed by atoms with van der Waals surface area (Å²) in [5.41, 5.74) is -2.37. The van der Waals surface area contributed by atoms with Gasteiger partial charge in [-0.15, -0.1) is 0 Å². The molecule has 0 unspecified atom stereocenters. The van der Waals surface area contributed by atoms with Gasteiger partial charge in [0.1, 0.15) is 5.54 Å². The van der Waals surface area contributed by atoms with Crippen LogP contribution in [0.25, 0.3) is 0 Å². The highest BCUT2D eigenvalue weighted by Gasteiger charge is 2.35. The van der Waals surface area contributed by atoms with Crippen LogP contribution in [-0.2, 0) is 21.0 Å². The molecular weight excluding hydrogens is 321 g/mol. The van der Waals surface area contributed by atoms with Gasteiger partial charge in [-0.2, -0.15) is 17.9 Å². The first-order chi connectivity index (χ1) is 9.77. The Bertz CT molecular complexity index is 650. The molecule has 0 atom stereocenters. The minimum absolute atomic E-state index is 0.347. The van der Waals surface area contributed by atoms with Crippen LogP contribution >= 0.6 is 0 Å². The maximum atomic E-state index is 12.5. The number of likely N-dealkylation sites (N-methyl/N-ethyl adjacent to an activating group) is 1. The van der Waals surface area contributed by atoms with E-state index in [4.69, 9.17) is 0 Å². The van der Waals surface area contributed by atoms with Crippen LogP contribution in [0.2, 0.25) is 0 Å². The molecule has 1 aromatic rings. The fourth-order valence-electron chi connectivity index (χ4n) is 1.82. The molecule has 1 rings (SSSR count). The van der Waals surface area contributed by atoms with E-state index in [0.29, 0.717) is 12.1 Å². The third-order valence-corrected chi connectivity index (χ3v) is 4.49. The first-order valence-electron chi connectivity index (χ1n) is 6.20. The van der Waals surface area contributed by atoms with Crippen molar-refractivity contribution in [2.24, 2.45) is 0 Å². The van der Waals surface area contributed by atoms with E-state index in [1.54, 1.807) is 0 Å². The molecule has 0 saturated carbocycles. The molecule has 0 fully saturated rings. The zero-order valence-corrected chi connectivity index (χ0v) is 13.3. The maximum absolute atomic E-state index is 12.5. The van der Waals surface area contributed by atoms with E-state index in [1.807, 2.05) is 0 Å². The molecule has 0 saturated heterocycles. The number of amides is 1. The second-order valence-electron chi connectivity index (χ2n) is 5.45. The minimum atomic E-state index is -4.55. The van der Waals surface area contributed by atoms with Crippen LogP contribution in [0.4, 0.5) is 13.2 Å². The average molecular weight is 338 g/mol. The Morgan fingerprint density at radius 3 is 1.91 bits per heavy atom. The molecular formula is C13H17F3N2O3S. The van der Waals surface area contributed by atoms with Gasteiger partial charge in [-0.25, -0.2) is 8.42 Å². The third-order valence-electron chi connectivity index (χ3n) is 2.82. The largest absolute Gasteiger partial charge is 0.416 e. The predicted octanol–water partition coefficient (Wildman–Crippen LogP) is 1.85. The Balaban J connectivity index is 3.08. The maximum Gasteiger partial charge on any atom is 0.416 e. The van der Waals surface area contributed by atoms with Crippen LogP contribution in [0.3, 0.4) is 0 Å². The van der Waals surface area contributed by atoms with Crippen molar-refractivity contribution in [3.63, 3.8) is 0 Å². The lowest BCUT2D eigenvalue weighted by atomic mass is 10.1. The molecule has 124 valence electrons. The Labute approximate surface area is 127 Å². The molecule has 0 spiro atoms. The first kappa shape index (κ1) is 18.4. The van der Waals surface area contributed by atoms with Crippen LogP contribution in [0.5, 0.6) is 0 Å². The summed E-state index contributed by atoms with van der Waals surface area (Å²) >= 11 is 0. The quantitative estimate of drug-likeness (QED) is 0.911. The van der Waals surface area contributed by atoms with Gasteiger partial charge in [0.15, 0.2) is 0 Å². The van der Waals surface area contributed by atoms with Crippen molar-refractivity contribution >= 4 is 15.9 Å². The van der Waals surface area contributed by atoms with Crippen molar-refractivity contribution in [2.45, 2.75) is 30.5 Å². The van der Waals surface area contributed by atoms with E-state index < -0.39 is 33.2 Å². The summed E-state index contributed by atoms with van der Waals surface area (Å²) in [7, 11) is -1.19. The lowest BCUT2D eigenvalue weighted by molar-refractivity contribution is -0.137. The lowest BCUT2D eigenvalue weighted by Crippen LogP contribution is -2.54. The molecule has 0 bridgehead atoms. The second-order valence-corrected chi connectivity index (χ2v) is 7.13. The number of carbonyl (C=O) groups is 1. The number of alkyl halides is 3. The van der Waals surface area contributed by atoms with Crippen molar-refractivity contribution in [1.29, 1.82) is 0 Å². The van der Waals surface area contributed by atoms with E-state index >= 15 is 0 Å². The van der Waals surface area contributed by atoms with Gasteiger partial charge in [-0.1, -0.05) is 0 Å². The van der Waals surface area contributed by atoms with Gasteiger partial charge in [0, 0.05) is 14.1 Å². The Morgan fingerprint density at radius 1 is 1.09 bits per heavy atom. The van der Waals surface area contributed by atoms with Gasteiger partial charge in [0.25, 0.3) is 0 Å². The summed E-state index contributed by atoms with van der Waals surface area (Å²) < 4.78 is 63.9. The number of rotatable bonds is 4. The Morgan fingerprint density at radius 2 is 1.55 bits per heavy atom. The molecule has 1 aromatic carbocycles. The molecule has 0 aromatic heterocycles. The highest BCUT2D eigenvalue weighted by Crippen LogP contribution is 2.29. The summed E-state index contributed by atoms with van der Waals surface area (Å²) in [6.07, 6.45) is -4.55. The topological polar surface area (TPSA) is 66.5 Å². The van der Waals surface area contributed by atoms with Crippen molar-refractivity contribution in [3.05, 3.63) is 29.8 Å². The summed E-state index contributed by atoms with van der Waals surface area (Å²) in [5.74, 6) is -0.483. The van der Waals surface area contributed by atoms with E-state index in [0.717, 1.165) is 12.1 Å². The van der Waals surface area contributed by atoms with Gasteiger partial charge in [0.2, 0.25) is 15.9 Å². The van der Waals surface area contributed by atoms with Gasteiger partial charge in [-0.05, 0) is 38.1 Å². The zero-order chi connectivity index (χ0) is 17.3. The van der Waals surface area contributed by atoms with Crippen LogP contribution in [0.1, 0.15) is 19.4 Å². The van der Waals surface area contributed by atoms with Crippen LogP contribution in [-0.4, -0.2) is 38.9 Å².